The van der Waals surface area contributed by atoms with Crippen molar-refractivity contribution in [2.75, 3.05) is 12.0 Å². The number of carbonyl (C=O) groups is 1. The van der Waals surface area contributed by atoms with Gasteiger partial charge in [-0.3, -0.25) is 4.90 Å². The Morgan fingerprint density at radius 2 is 1.84 bits per heavy atom. The van der Waals surface area contributed by atoms with Gasteiger partial charge in [-0.25, -0.2) is 9.78 Å². The quantitative estimate of drug-likeness (QED) is 0.669. The summed E-state index contributed by atoms with van der Waals surface area (Å²) in [6.45, 7) is 5.67. The van der Waals surface area contributed by atoms with E-state index in [1.165, 1.54) is 17.2 Å². The number of nitrogens with zero attached hydrogens (tertiary/aromatic N) is 2. The van der Waals surface area contributed by atoms with Gasteiger partial charge >= 0.3 is 6.09 Å². The molecule has 0 radical (unpaired) electrons. The van der Waals surface area contributed by atoms with Gasteiger partial charge in [-0.2, -0.15) is 0 Å². The van der Waals surface area contributed by atoms with E-state index in [-0.39, 0.29) is 11.7 Å². The summed E-state index contributed by atoms with van der Waals surface area (Å²) in [6, 6.07) is 8.92. The topological polar surface area (TPSA) is 51.7 Å². The van der Waals surface area contributed by atoms with Crippen molar-refractivity contribution in [1.82, 2.24) is 4.98 Å². The van der Waals surface area contributed by atoms with Crippen molar-refractivity contribution < 1.29 is 14.3 Å². The molecule has 0 fully saturated rings. The molecule has 0 aliphatic carbocycles. The minimum atomic E-state index is -0.640. The van der Waals surface area contributed by atoms with Gasteiger partial charge in [0, 0.05) is 12.3 Å². The van der Waals surface area contributed by atoms with Gasteiger partial charge in [0.05, 0.1) is 24.4 Å². The van der Waals surface area contributed by atoms with Crippen molar-refractivity contribution in [2.45, 2.75) is 32.9 Å². The number of ether oxygens (including phenoxy) is 2. The van der Waals surface area contributed by atoms with Gasteiger partial charge in [0.2, 0.25) is 0 Å². The predicted molar refractivity (Wildman–Crippen MR) is 99.7 cm³/mol. The van der Waals surface area contributed by atoms with Crippen molar-refractivity contribution in [3.8, 4) is 5.75 Å². The third kappa shape index (κ3) is 5.51. The van der Waals surface area contributed by atoms with E-state index < -0.39 is 11.7 Å². The summed E-state index contributed by atoms with van der Waals surface area (Å²) in [5, 5.41) is 0.548. The molecule has 2 rings (SSSR count). The fourth-order valence-electron chi connectivity index (χ4n) is 2.09. The van der Waals surface area contributed by atoms with Crippen LogP contribution in [-0.4, -0.2) is 23.8 Å². The molecule has 0 spiro atoms. The Balaban J connectivity index is 2.37. The Kier molecular flexibility index (Phi) is 6.14. The molecule has 25 heavy (non-hydrogen) atoms. The van der Waals surface area contributed by atoms with E-state index in [1.807, 2.05) is 24.3 Å². The Bertz CT molecular complexity index is 743. The molecule has 5 nitrogen and oxygen atoms in total. The second-order valence-electron chi connectivity index (χ2n) is 6.37. The maximum atomic E-state index is 12.7. The lowest BCUT2D eigenvalue weighted by Crippen LogP contribution is -2.36. The van der Waals surface area contributed by atoms with Crippen LogP contribution in [0.3, 0.4) is 0 Å². The zero-order chi connectivity index (χ0) is 18.6. The molecular weight excluding hydrogens is 363 g/mol. The third-order valence-corrected chi connectivity index (χ3v) is 3.70. The van der Waals surface area contributed by atoms with Crippen LogP contribution in [0.25, 0.3) is 0 Å². The molecule has 7 heteroatoms. The fraction of sp³-hybridized carbons (Fsp3) is 0.333. The maximum Gasteiger partial charge on any atom is 0.415 e. The summed E-state index contributed by atoms with van der Waals surface area (Å²) in [6.07, 6.45) is 0.887. The number of benzene rings is 1. The molecule has 0 bridgehead atoms. The van der Waals surface area contributed by atoms with Crippen LogP contribution in [0.2, 0.25) is 10.2 Å². The van der Waals surface area contributed by atoms with Crippen molar-refractivity contribution >= 4 is 35.0 Å². The second kappa shape index (κ2) is 7.93. The first kappa shape index (κ1) is 19.3. The Morgan fingerprint density at radius 3 is 2.40 bits per heavy atom. The van der Waals surface area contributed by atoms with Crippen LogP contribution in [-0.2, 0) is 11.3 Å². The maximum absolute atomic E-state index is 12.7. The average Bonchev–Trinajstić information content (AvgIpc) is 2.54. The van der Waals surface area contributed by atoms with Crippen molar-refractivity contribution in [3.05, 3.63) is 52.3 Å². The number of pyridine rings is 1. The first-order chi connectivity index (χ1) is 11.7. The number of carbonyl (C=O) groups excluding carboxylic acids is 1. The third-order valence-electron chi connectivity index (χ3n) is 3.21. The first-order valence-corrected chi connectivity index (χ1v) is 8.39. The number of halogens is 2. The van der Waals surface area contributed by atoms with Crippen LogP contribution < -0.4 is 9.64 Å². The van der Waals surface area contributed by atoms with Crippen molar-refractivity contribution in [1.29, 1.82) is 0 Å². The Labute approximate surface area is 157 Å². The van der Waals surface area contributed by atoms with Crippen LogP contribution in [0, 0.1) is 0 Å². The molecule has 1 heterocycles. The molecule has 0 saturated heterocycles. The SMILES string of the molecule is COc1ccc(CN(C(=O)OC(C)(C)C)c2cc(Cl)ncc2Cl)cc1. The Hall–Kier alpha value is -1.98. The minimum absolute atomic E-state index is 0.239. The number of aromatic nitrogens is 1. The van der Waals surface area contributed by atoms with Crippen LogP contribution in [0.1, 0.15) is 26.3 Å². The highest BCUT2D eigenvalue weighted by Gasteiger charge is 2.25. The Morgan fingerprint density at radius 1 is 1.20 bits per heavy atom. The van der Waals surface area contributed by atoms with E-state index in [4.69, 9.17) is 32.7 Å². The number of amides is 1. The molecule has 0 unspecified atom stereocenters. The molecule has 1 aromatic carbocycles. The average molecular weight is 383 g/mol. The van der Waals surface area contributed by atoms with Crippen molar-refractivity contribution in [3.63, 3.8) is 0 Å². The summed E-state index contributed by atoms with van der Waals surface area (Å²) in [7, 11) is 1.60. The smallest absolute Gasteiger partial charge is 0.415 e. The molecule has 0 atom stereocenters. The number of rotatable bonds is 4. The van der Waals surface area contributed by atoms with Gasteiger partial charge < -0.3 is 9.47 Å². The standard InChI is InChI=1S/C18H20Cl2N2O3/c1-18(2,3)25-17(23)22(15-9-16(20)21-10-14(15)19)11-12-5-7-13(24-4)8-6-12/h5-10H,11H2,1-4H3. The molecule has 2 aromatic rings. The normalized spacial score (nSPS) is 11.1. The summed E-state index contributed by atoms with van der Waals surface area (Å²) < 4.78 is 10.7. The lowest BCUT2D eigenvalue weighted by molar-refractivity contribution is 0.0577. The zero-order valence-corrected chi connectivity index (χ0v) is 16.1. The van der Waals surface area contributed by atoms with E-state index in [2.05, 4.69) is 4.98 Å². The molecule has 0 aliphatic rings. The summed E-state index contributed by atoms with van der Waals surface area (Å²) in [5.74, 6) is 0.734. The number of hydrogen-bond acceptors (Lipinski definition) is 4. The summed E-state index contributed by atoms with van der Waals surface area (Å²) in [5.41, 5.74) is 0.681. The summed E-state index contributed by atoms with van der Waals surface area (Å²) in [4.78, 5) is 18.1. The van der Waals surface area contributed by atoms with Gasteiger partial charge in [0.1, 0.15) is 16.5 Å². The van der Waals surface area contributed by atoms with E-state index in [9.17, 15) is 4.79 Å². The fourth-order valence-corrected chi connectivity index (χ4v) is 2.45. The molecule has 1 aromatic heterocycles. The van der Waals surface area contributed by atoms with E-state index in [0.29, 0.717) is 10.7 Å². The van der Waals surface area contributed by atoms with E-state index >= 15 is 0 Å². The lowest BCUT2D eigenvalue weighted by Gasteiger charge is -2.28. The van der Waals surface area contributed by atoms with Gasteiger partial charge in [-0.05, 0) is 38.5 Å². The van der Waals surface area contributed by atoms with Crippen LogP contribution >= 0.6 is 23.2 Å². The van der Waals surface area contributed by atoms with Crippen molar-refractivity contribution in [2.24, 2.45) is 0 Å². The molecule has 0 N–H and O–H groups in total. The predicted octanol–water partition coefficient (Wildman–Crippen LogP) is 5.34. The van der Waals surface area contributed by atoms with Gasteiger partial charge in [0.25, 0.3) is 0 Å². The van der Waals surface area contributed by atoms with Gasteiger partial charge in [-0.1, -0.05) is 35.3 Å². The second-order valence-corrected chi connectivity index (χ2v) is 7.17. The molecular formula is C18H20Cl2N2O3. The van der Waals surface area contributed by atoms with Gasteiger partial charge in [0.15, 0.2) is 0 Å². The van der Waals surface area contributed by atoms with E-state index in [1.54, 1.807) is 27.9 Å². The van der Waals surface area contributed by atoms with Crippen LogP contribution in [0.15, 0.2) is 36.5 Å². The van der Waals surface area contributed by atoms with E-state index in [0.717, 1.165) is 11.3 Å². The molecule has 0 saturated carbocycles. The first-order valence-electron chi connectivity index (χ1n) is 7.64. The van der Waals surface area contributed by atoms with Crippen LogP contribution in [0.4, 0.5) is 10.5 Å². The molecule has 134 valence electrons. The highest BCUT2D eigenvalue weighted by atomic mass is 35.5. The monoisotopic (exact) mass is 382 g/mol. The molecule has 1 amide bonds. The largest absolute Gasteiger partial charge is 0.497 e. The number of anilines is 1. The minimum Gasteiger partial charge on any atom is -0.497 e. The highest BCUT2D eigenvalue weighted by molar-refractivity contribution is 6.35. The lowest BCUT2D eigenvalue weighted by atomic mass is 10.2. The number of methoxy groups -OCH3 is 1. The summed E-state index contributed by atoms with van der Waals surface area (Å²) >= 11 is 12.2. The van der Waals surface area contributed by atoms with Crippen LogP contribution in [0.5, 0.6) is 5.75 Å². The zero-order valence-electron chi connectivity index (χ0n) is 14.5. The highest BCUT2D eigenvalue weighted by Crippen LogP contribution is 2.30. The number of hydrogen-bond donors (Lipinski definition) is 0. The molecule has 0 aliphatic heterocycles. The van der Waals surface area contributed by atoms with Gasteiger partial charge in [-0.15, -0.1) is 0 Å².